The maximum Gasteiger partial charge on any atom is 0.171 e. The molecule has 1 heterocycles. The molecule has 2 rings (SSSR count). The second-order valence-corrected chi connectivity index (χ2v) is 4.51. The average molecular weight is 261 g/mol. The lowest BCUT2D eigenvalue weighted by Gasteiger charge is -2.05. The number of Topliss-reactive ketones (excluding diaryl/α,β-unsaturated/α-hetero) is 1. The molecule has 2 nitrogen and oxygen atoms in total. The van der Waals surface area contributed by atoms with E-state index in [1.165, 1.54) is 13.0 Å². The van der Waals surface area contributed by atoms with Gasteiger partial charge in [0, 0.05) is 18.0 Å². The van der Waals surface area contributed by atoms with Gasteiger partial charge in [0.05, 0.1) is 12.0 Å². The number of aromatic nitrogens is 1. The minimum atomic E-state index is -0.833. The second kappa shape index (κ2) is 5.26. The molecule has 1 aromatic heterocycles. The van der Waals surface area contributed by atoms with E-state index in [1.54, 1.807) is 12.3 Å². The molecule has 4 heteroatoms. The van der Waals surface area contributed by atoms with Gasteiger partial charge in [-0.1, -0.05) is 6.07 Å². The Morgan fingerprint density at radius 3 is 2.53 bits per heavy atom. The van der Waals surface area contributed by atoms with E-state index < -0.39 is 17.4 Å². The van der Waals surface area contributed by atoms with E-state index >= 15 is 0 Å². The lowest BCUT2D eigenvalue weighted by atomic mass is 10.0. The van der Waals surface area contributed by atoms with Crippen LogP contribution in [-0.4, -0.2) is 10.8 Å². The third kappa shape index (κ3) is 3.02. The predicted molar refractivity (Wildman–Crippen MR) is 68.1 cm³/mol. The van der Waals surface area contributed by atoms with Crippen molar-refractivity contribution >= 4 is 5.78 Å². The van der Waals surface area contributed by atoms with Crippen molar-refractivity contribution in [2.24, 2.45) is 0 Å². The lowest BCUT2D eigenvalue weighted by Crippen LogP contribution is -2.08. The number of carbonyl (C=O) groups excluding carboxylic acids is 1. The van der Waals surface area contributed by atoms with E-state index in [0.29, 0.717) is 5.69 Å². The Morgan fingerprint density at radius 2 is 1.89 bits per heavy atom. The van der Waals surface area contributed by atoms with Crippen molar-refractivity contribution in [1.29, 1.82) is 0 Å². The van der Waals surface area contributed by atoms with Gasteiger partial charge < -0.3 is 0 Å². The summed E-state index contributed by atoms with van der Waals surface area (Å²) in [4.78, 5) is 16.1. The number of benzene rings is 1. The Hall–Kier alpha value is -2.10. The van der Waals surface area contributed by atoms with Crippen LogP contribution in [0.2, 0.25) is 0 Å². The first-order valence-corrected chi connectivity index (χ1v) is 5.88. The quantitative estimate of drug-likeness (QED) is 0.792. The maximum absolute atomic E-state index is 13.6. The van der Waals surface area contributed by atoms with Gasteiger partial charge in [-0.2, -0.15) is 0 Å². The number of aryl methyl sites for hydroxylation is 2. The van der Waals surface area contributed by atoms with E-state index in [1.807, 2.05) is 13.0 Å². The fourth-order valence-corrected chi connectivity index (χ4v) is 1.73. The van der Waals surface area contributed by atoms with E-state index in [0.717, 1.165) is 11.6 Å². The number of carbonyl (C=O) groups is 1. The zero-order valence-corrected chi connectivity index (χ0v) is 10.7. The molecular weight excluding hydrogens is 248 g/mol. The highest BCUT2D eigenvalue weighted by atomic mass is 19.1. The summed E-state index contributed by atoms with van der Waals surface area (Å²) in [5.41, 5.74) is 1.71. The number of hydrogen-bond acceptors (Lipinski definition) is 2. The fraction of sp³-hybridized carbons (Fsp3) is 0.200. The van der Waals surface area contributed by atoms with Crippen LogP contribution in [0.3, 0.4) is 0 Å². The SMILES string of the molecule is Cc1ccc(CC(=O)c2cc(C)c(F)cc2F)nc1. The van der Waals surface area contributed by atoms with Crippen molar-refractivity contribution in [3.05, 3.63) is 64.5 Å². The first-order chi connectivity index (χ1) is 8.97. The van der Waals surface area contributed by atoms with Crippen molar-refractivity contribution in [1.82, 2.24) is 4.98 Å². The molecule has 0 saturated heterocycles. The molecule has 2 aromatic rings. The van der Waals surface area contributed by atoms with Crippen molar-refractivity contribution in [3.63, 3.8) is 0 Å². The zero-order valence-electron chi connectivity index (χ0n) is 10.7. The minimum Gasteiger partial charge on any atom is -0.294 e. The molecule has 0 unspecified atom stereocenters. The van der Waals surface area contributed by atoms with Crippen LogP contribution in [0.4, 0.5) is 8.78 Å². The second-order valence-electron chi connectivity index (χ2n) is 4.51. The number of pyridine rings is 1. The first kappa shape index (κ1) is 13.3. The van der Waals surface area contributed by atoms with Gasteiger partial charge in [-0.15, -0.1) is 0 Å². The number of rotatable bonds is 3. The Morgan fingerprint density at radius 1 is 1.16 bits per heavy atom. The molecule has 0 fully saturated rings. The molecule has 0 aliphatic carbocycles. The van der Waals surface area contributed by atoms with Crippen LogP contribution in [-0.2, 0) is 6.42 Å². The molecule has 0 bridgehead atoms. The van der Waals surface area contributed by atoms with E-state index in [-0.39, 0.29) is 17.5 Å². The van der Waals surface area contributed by atoms with Crippen LogP contribution in [0.15, 0.2) is 30.5 Å². The average Bonchev–Trinajstić information content (AvgIpc) is 2.36. The molecule has 0 spiro atoms. The van der Waals surface area contributed by atoms with Crippen LogP contribution in [0, 0.1) is 25.5 Å². The summed E-state index contributed by atoms with van der Waals surface area (Å²) in [6.45, 7) is 3.39. The van der Waals surface area contributed by atoms with Gasteiger partial charge in [0.2, 0.25) is 0 Å². The highest BCUT2D eigenvalue weighted by Crippen LogP contribution is 2.16. The molecule has 19 heavy (non-hydrogen) atoms. The third-order valence-corrected chi connectivity index (χ3v) is 2.86. The summed E-state index contributed by atoms with van der Waals surface area (Å²) in [7, 11) is 0. The predicted octanol–water partition coefficient (Wildman–Crippen LogP) is 3.40. The lowest BCUT2D eigenvalue weighted by molar-refractivity contribution is 0.0988. The molecule has 0 radical (unpaired) electrons. The van der Waals surface area contributed by atoms with Gasteiger partial charge in [-0.05, 0) is 37.1 Å². The number of ketones is 1. The van der Waals surface area contributed by atoms with Crippen LogP contribution < -0.4 is 0 Å². The highest BCUT2D eigenvalue weighted by Gasteiger charge is 2.15. The molecule has 98 valence electrons. The number of nitrogens with zero attached hydrogens (tertiary/aromatic N) is 1. The summed E-state index contributed by atoms with van der Waals surface area (Å²) >= 11 is 0. The summed E-state index contributed by atoms with van der Waals surface area (Å²) in [5, 5.41) is 0. The Balaban J connectivity index is 2.25. The van der Waals surface area contributed by atoms with E-state index in [9.17, 15) is 13.6 Å². The molecule has 0 aliphatic rings. The standard InChI is InChI=1S/C15H13F2NO/c1-9-3-4-11(18-8-9)6-15(19)12-5-10(2)13(16)7-14(12)17/h3-5,7-8H,6H2,1-2H3. The fourth-order valence-electron chi connectivity index (χ4n) is 1.73. The molecule has 1 aromatic carbocycles. The van der Waals surface area contributed by atoms with Gasteiger partial charge in [0.15, 0.2) is 5.78 Å². The van der Waals surface area contributed by atoms with E-state index in [2.05, 4.69) is 4.98 Å². The summed E-state index contributed by atoms with van der Waals surface area (Å²) in [5.74, 6) is -1.89. The molecule has 0 atom stereocenters. The molecule has 0 saturated carbocycles. The Labute approximate surface area is 110 Å². The van der Waals surface area contributed by atoms with Crippen LogP contribution in [0.5, 0.6) is 0 Å². The van der Waals surface area contributed by atoms with Crippen molar-refractivity contribution in [2.75, 3.05) is 0 Å². The van der Waals surface area contributed by atoms with Crippen molar-refractivity contribution in [3.8, 4) is 0 Å². The summed E-state index contributed by atoms with van der Waals surface area (Å²) in [6, 6.07) is 5.54. The number of halogens is 2. The highest BCUT2D eigenvalue weighted by molar-refractivity contribution is 5.97. The normalized spacial score (nSPS) is 10.5. The van der Waals surface area contributed by atoms with Gasteiger partial charge >= 0.3 is 0 Å². The molecule has 0 N–H and O–H groups in total. The largest absolute Gasteiger partial charge is 0.294 e. The van der Waals surface area contributed by atoms with E-state index in [4.69, 9.17) is 0 Å². The van der Waals surface area contributed by atoms with Crippen molar-refractivity contribution < 1.29 is 13.6 Å². The van der Waals surface area contributed by atoms with Gasteiger partial charge in [0.1, 0.15) is 11.6 Å². The monoisotopic (exact) mass is 261 g/mol. The van der Waals surface area contributed by atoms with Crippen LogP contribution in [0.25, 0.3) is 0 Å². The number of hydrogen-bond donors (Lipinski definition) is 0. The topological polar surface area (TPSA) is 30.0 Å². The Kier molecular flexibility index (Phi) is 3.69. The smallest absolute Gasteiger partial charge is 0.171 e. The van der Waals surface area contributed by atoms with Crippen LogP contribution >= 0.6 is 0 Å². The van der Waals surface area contributed by atoms with Gasteiger partial charge in [-0.3, -0.25) is 9.78 Å². The van der Waals surface area contributed by atoms with Gasteiger partial charge in [0.25, 0.3) is 0 Å². The van der Waals surface area contributed by atoms with Gasteiger partial charge in [-0.25, -0.2) is 8.78 Å². The molecular formula is C15H13F2NO. The first-order valence-electron chi connectivity index (χ1n) is 5.88. The molecule has 0 amide bonds. The third-order valence-electron chi connectivity index (χ3n) is 2.86. The minimum absolute atomic E-state index is 0.00225. The Bertz CT molecular complexity index is 621. The summed E-state index contributed by atoms with van der Waals surface area (Å²) < 4.78 is 26.7. The summed E-state index contributed by atoms with van der Waals surface area (Å²) in [6.07, 6.45) is 1.65. The van der Waals surface area contributed by atoms with Crippen molar-refractivity contribution in [2.45, 2.75) is 20.3 Å². The zero-order chi connectivity index (χ0) is 14.0. The van der Waals surface area contributed by atoms with Crippen LogP contribution in [0.1, 0.15) is 27.2 Å². The molecule has 0 aliphatic heterocycles. The maximum atomic E-state index is 13.6.